The smallest absolute Gasteiger partial charge is 0.0524 e. The summed E-state index contributed by atoms with van der Waals surface area (Å²) in [6, 6.07) is 0. The van der Waals surface area contributed by atoms with Crippen LogP contribution in [-0.4, -0.2) is 36.2 Å². The van der Waals surface area contributed by atoms with Crippen LogP contribution < -0.4 is 0 Å². The van der Waals surface area contributed by atoms with Crippen molar-refractivity contribution in [3.63, 3.8) is 0 Å². The second-order valence-corrected chi connectivity index (χ2v) is 3.64. The van der Waals surface area contributed by atoms with E-state index in [4.69, 9.17) is 28.3 Å². The molecule has 0 fully saturated rings. The average Bonchev–Trinajstić information content (AvgIpc) is 2.00. The number of halogens is 2. The van der Waals surface area contributed by atoms with E-state index in [-0.39, 0.29) is 6.10 Å². The minimum Gasteiger partial charge on any atom is -0.393 e. The highest BCUT2D eigenvalue weighted by Gasteiger charge is 2.02. The third-order valence-corrected chi connectivity index (χ3v) is 2.07. The Bertz CT molecular complexity index is 148. The predicted molar refractivity (Wildman–Crippen MR) is 53.6 cm³/mol. The van der Waals surface area contributed by atoms with Gasteiger partial charge >= 0.3 is 0 Å². The first kappa shape index (κ1) is 12.2. The van der Waals surface area contributed by atoms with Crippen molar-refractivity contribution < 1.29 is 5.11 Å². The molecule has 0 aromatic rings. The lowest BCUT2D eigenvalue weighted by molar-refractivity contribution is 0.167. The molecule has 0 aromatic carbocycles. The molecule has 0 spiro atoms. The van der Waals surface area contributed by atoms with Gasteiger partial charge in [0, 0.05) is 23.7 Å². The van der Waals surface area contributed by atoms with Crippen LogP contribution in [0.15, 0.2) is 10.6 Å². The van der Waals surface area contributed by atoms with E-state index in [1.54, 1.807) is 6.92 Å². The highest BCUT2D eigenvalue weighted by atomic mass is 35.5. The molecule has 0 rings (SSSR count). The van der Waals surface area contributed by atoms with Gasteiger partial charge < -0.3 is 10.0 Å². The van der Waals surface area contributed by atoms with Crippen molar-refractivity contribution in [2.75, 3.05) is 20.1 Å². The first-order valence-electron chi connectivity index (χ1n) is 3.87. The van der Waals surface area contributed by atoms with Crippen LogP contribution in [-0.2, 0) is 0 Å². The Balaban J connectivity index is 3.53. The molecule has 4 heteroatoms. The standard InChI is InChI=1S/C8H15Cl2NO/c1-7(12)3-4-11(2)6-8(10)5-9/h5,7,12H,3-4,6H2,1-2H3. The van der Waals surface area contributed by atoms with Crippen LogP contribution in [0.4, 0.5) is 0 Å². The molecule has 0 aliphatic rings. The maximum Gasteiger partial charge on any atom is 0.0524 e. The molecule has 0 bridgehead atoms. The van der Waals surface area contributed by atoms with Gasteiger partial charge in [0.2, 0.25) is 0 Å². The molecule has 1 N–H and O–H groups in total. The first-order valence-corrected chi connectivity index (χ1v) is 4.69. The zero-order chi connectivity index (χ0) is 9.56. The van der Waals surface area contributed by atoms with Gasteiger partial charge in [0.15, 0.2) is 0 Å². The number of hydrogen-bond donors (Lipinski definition) is 1. The number of aliphatic hydroxyl groups excluding tert-OH is 1. The van der Waals surface area contributed by atoms with Gasteiger partial charge in [-0.3, -0.25) is 0 Å². The molecule has 12 heavy (non-hydrogen) atoms. The van der Waals surface area contributed by atoms with Crippen LogP contribution in [0, 0.1) is 0 Å². The summed E-state index contributed by atoms with van der Waals surface area (Å²) in [5, 5.41) is 9.61. The van der Waals surface area contributed by atoms with E-state index in [0.29, 0.717) is 11.6 Å². The van der Waals surface area contributed by atoms with Gasteiger partial charge in [0.1, 0.15) is 0 Å². The maximum atomic E-state index is 8.99. The van der Waals surface area contributed by atoms with Crippen molar-refractivity contribution in [3.05, 3.63) is 10.6 Å². The third kappa shape index (κ3) is 6.92. The van der Waals surface area contributed by atoms with Crippen LogP contribution in [0.1, 0.15) is 13.3 Å². The summed E-state index contributed by atoms with van der Waals surface area (Å²) in [6.45, 7) is 3.23. The Morgan fingerprint density at radius 3 is 2.67 bits per heavy atom. The summed E-state index contributed by atoms with van der Waals surface area (Å²) in [5.41, 5.74) is 1.36. The third-order valence-electron chi connectivity index (χ3n) is 1.47. The summed E-state index contributed by atoms with van der Waals surface area (Å²) >= 11 is 11.1. The molecule has 2 nitrogen and oxygen atoms in total. The molecule has 0 aromatic heterocycles. The van der Waals surface area contributed by atoms with Gasteiger partial charge in [-0.1, -0.05) is 23.2 Å². The highest BCUT2D eigenvalue weighted by molar-refractivity contribution is 6.36. The Morgan fingerprint density at radius 2 is 2.25 bits per heavy atom. The second-order valence-electron chi connectivity index (χ2n) is 2.93. The number of aliphatic hydroxyl groups is 1. The van der Waals surface area contributed by atoms with E-state index < -0.39 is 0 Å². The van der Waals surface area contributed by atoms with Crippen LogP contribution >= 0.6 is 23.2 Å². The van der Waals surface area contributed by atoms with Crippen molar-refractivity contribution >= 4 is 23.2 Å². The Hall–Kier alpha value is 0.240. The van der Waals surface area contributed by atoms with Crippen LogP contribution in [0.3, 0.4) is 0 Å². The SMILES string of the molecule is CC(O)CCN(C)CC(Cl)=CCl. The summed E-state index contributed by atoms with van der Waals surface area (Å²) in [7, 11) is 1.94. The minimum absolute atomic E-state index is 0.258. The van der Waals surface area contributed by atoms with E-state index >= 15 is 0 Å². The first-order chi connectivity index (χ1) is 5.56. The van der Waals surface area contributed by atoms with E-state index in [1.807, 2.05) is 11.9 Å². The van der Waals surface area contributed by atoms with Crippen molar-refractivity contribution in [3.8, 4) is 0 Å². The molecule has 0 aliphatic heterocycles. The molecule has 0 amide bonds. The van der Waals surface area contributed by atoms with Gasteiger partial charge in [-0.2, -0.15) is 0 Å². The normalized spacial score (nSPS) is 15.3. The fraction of sp³-hybridized carbons (Fsp3) is 0.750. The molecule has 0 saturated carbocycles. The summed E-state index contributed by atoms with van der Waals surface area (Å²) in [4.78, 5) is 2.01. The molecular formula is C8H15Cl2NO. The fourth-order valence-corrected chi connectivity index (χ4v) is 1.05. The number of hydrogen-bond acceptors (Lipinski definition) is 2. The van der Waals surface area contributed by atoms with Gasteiger partial charge in [-0.25, -0.2) is 0 Å². The van der Waals surface area contributed by atoms with Crippen LogP contribution in [0.5, 0.6) is 0 Å². The molecular weight excluding hydrogens is 197 g/mol. The summed E-state index contributed by atoms with van der Waals surface area (Å²) < 4.78 is 0. The van der Waals surface area contributed by atoms with Gasteiger partial charge in [0.05, 0.1) is 6.10 Å². The van der Waals surface area contributed by atoms with Crippen molar-refractivity contribution in [2.24, 2.45) is 0 Å². The van der Waals surface area contributed by atoms with Gasteiger partial charge in [-0.05, 0) is 20.4 Å². The van der Waals surface area contributed by atoms with E-state index in [0.717, 1.165) is 13.0 Å². The van der Waals surface area contributed by atoms with Gasteiger partial charge in [-0.15, -0.1) is 0 Å². The lowest BCUT2D eigenvalue weighted by atomic mass is 10.3. The largest absolute Gasteiger partial charge is 0.393 e. The summed E-state index contributed by atoms with van der Waals surface area (Å²) in [5.74, 6) is 0. The monoisotopic (exact) mass is 211 g/mol. The van der Waals surface area contributed by atoms with E-state index in [2.05, 4.69) is 0 Å². The quantitative estimate of drug-likeness (QED) is 0.753. The van der Waals surface area contributed by atoms with Crippen molar-refractivity contribution in [1.82, 2.24) is 4.90 Å². The lowest BCUT2D eigenvalue weighted by Crippen LogP contribution is -2.23. The Kier molecular flexibility index (Phi) is 6.86. The molecule has 0 aliphatic carbocycles. The Morgan fingerprint density at radius 1 is 1.67 bits per heavy atom. The van der Waals surface area contributed by atoms with Crippen molar-refractivity contribution in [2.45, 2.75) is 19.4 Å². The van der Waals surface area contributed by atoms with Gasteiger partial charge in [0.25, 0.3) is 0 Å². The van der Waals surface area contributed by atoms with E-state index in [1.165, 1.54) is 5.54 Å². The molecule has 1 unspecified atom stereocenters. The lowest BCUT2D eigenvalue weighted by Gasteiger charge is -2.16. The van der Waals surface area contributed by atoms with Crippen molar-refractivity contribution in [1.29, 1.82) is 0 Å². The maximum absolute atomic E-state index is 8.99. The number of nitrogens with zero attached hydrogens (tertiary/aromatic N) is 1. The van der Waals surface area contributed by atoms with Crippen LogP contribution in [0.25, 0.3) is 0 Å². The molecule has 1 atom stereocenters. The molecule has 0 radical (unpaired) electrons. The molecule has 72 valence electrons. The topological polar surface area (TPSA) is 23.5 Å². The zero-order valence-corrected chi connectivity index (χ0v) is 8.94. The molecule has 0 saturated heterocycles. The highest BCUT2D eigenvalue weighted by Crippen LogP contribution is 2.05. The fourth-order valence-electron chi connectivity index (χ4n) is 0.779. The molecule has 0 heterocycles. The van der Waals surface area contributed by atoms with Crippen LogP contribution in [0.2, 0.25) is 0 Å². The van der Waals surface area contributed by atoms with E-state index in [9.17, 15) is 0 Å². The zero-order valence-electron chi connectivity index (χ0n) is 7.43. The minimum atomic E-state index is -0.258. The Labute approximate surface area is 83.8 Å². The second kappa shape index (κ2) is 6.72. The average molecular weight is 212 g/mol. The number of likely N-dealkylation sites (N-methyl/N-ethyl adjacent to an activating group) is 1. The summed E-state index contributed by atoms with van der Waals surface area (Å²) in [6.07, 6.45) is 0.495. The number of rotatable bonds is 5. The predicted octanol–water partition coefficient (Wildman–Crippen LogP) is 2.01.